The van der Waals surface area contributed by atoms with Gasteiger partial charge >= 0.3 is 0 Å². The molecular weight excluding hydrogens is 270 g/mol. The lowest BCUT2D eigenvalue weighted by Gasteiger charge is -2.35. The molecule has 0 N–H and O–H groups in total. The molecule has 2 aromatic rings. The number of amides is 1. The van der Waals surface area contributed by atoms with E-state index in [2.05, 4.69) is 56.0 Å². The average molecular weight is 291 g/mol. The molecule has 3 rings (SSSR count). The van der Waals surface area contributed by atoms with Crippen molar-refractivity contribution < 1.29 is 4.79 Å². The minimum Gasteiger partial charge on any atom is -0.334 e. The summed E-state index contributed by atoms with van der Waals surface area (Å²) >= 11 is 0. The third-order valence-corrected chi connectivity index (χ3v) is 4.45. The first kappa shape index (κ1) is 14.6. The molecule has 0 bridgehead atoms. The normalized spacial score (nSPS) is 17.0. The summed E-state index contributed by atoms with van der Waals surface area (Å²) in [6.07, 6.45) is 2.44. The largest absolute Gasteiger partial charge is 0.334 e. The molecule has 2 aromatic carbocycles. The first-order chi connectivity index (χ1) is 10.7. The van der Waals surface area contributed by atoms with Crippen LogP contribution in [-0.4, -0.2) is 17.4 Å². The van der Waals surface area contributed by atoms with Crippen molar-refractivity contribution >= 4 is 5.91 Å². The molecule has 0 fully saturated rings. The number of rotatable bonds is 3. The average Bonchev–Trinajstić information content (AvgIpc) is 2.60. The fourth-order valence-corrected chi connectivity index (χ4v) is 3.19. The Morgan fingerprint density at radius 2 is 2.05 bits per heavy atom. The van der Waals surface area contributed by atoms with Crippen LogP contribution >= 0.6 is 0 Å². The van der Waals surface area contributed by atoms with Gasteiger partial charge in [-0.15, -0.1) is 0 Å². The zero-order chi connectivity index (χ0) is 15.5. The molecule has 0 saturated carbocycles. The number of carbonyl (C=O) groups is 1. The highest BCUT2D eigenvalue weighted by molar-refractivity contribution is 5.87. The number of nitrogens with zero attached hydrogens (tertiary/aromatic N) is 1. The monoisotopic (exact) mass is 291 g/mol. The number of fused-ring (bicyclic) bond motifs is 1. The van der Waals surface area contributed by atoms with Gasteiger partial charge in [-0.1, -0.05) is 62.0 Å². The molecule has 0 aromatic heterocycles. The third-order valence-electron chi connectivity index (χ3n) is 4.45. The standard InChI is InChI=1S/C20H21NO/c1-3-15-10-11-17-13-21(20(22)4-2)14-19(18(17)12-15)16-8-6-5-7-9-16/h4-12,19H,2-3,13-14H2,1H3/t19-/m0/s1. The van der Waals surface area contributed by atoms with E-state index in [0.29, 0.717) is 6.54 Å². The lowest BCUT2D eigenvalue weighted by molar-refractivity contribution is -0.127. The Hall–Kier alpha value is -2.35. The van der Waals surface area contributed by atoms with Gasteiger partial charge in [-0.3, -0.25) is 4.79 Å². The van der Waals surface area contributed by atoms with Crippen molar-refractivity contribution in [1.29, 1.82) is 0 Å². The van der Waals surface area contributed by atoms with Crippen LogP contribution in [0.25, 0.3) is 0 Å². The molecule has 1 aliphatic heterocycles. The van der Waals surface area contributed by atoms with Crippen molar-refractivity contribution in [2.75, 3.05) is 6.54 Å². The zero-order valence-electron chi connectivity index (χ0n) is 13.0. The maximum Gasteiger partial charge on any atom is 0.246 e. The fourth-order valence-electron chi connectivity index (χ4n) is 3.19. The molecule has 112 valence electrons. The summed E-state index contributed by atoms with van der Waals surface area (Å²) < 4.78 is 0. The van der Waals surface area contributed by atoms with Crippen molar-refractivity contribution in [2.45, 2.75) is 25.8 Å². The van der Waals surface area contributed by atoms with Gasteiger partial charge in [0, 0.05) is 19.0 Å². The molecule has 0 spiro atoms. The number of benzene rings is 2. The lowest BCUT2D eigenvalue weighted by Crippen LogP contribution is -2.37. The van der Waals surface area contributed by atoms with Gasteiger partial charge in [0.15, 0.2) is 0 Å². The van der Waals surface area contributed by atoms with E-state index in [4.69, 9.17) is 0 Å². The van der Waals surface area contributed by atoms with E-state index in [-0.39, 0.29) is 11.8 Å². The Balaban J connectivity index is 2.07. The second-order valence-corrected chi connectivity index (χ2v) is 5.77. The Labute approximate surface area is 132 Å². The fraction of sp³-hybridized carbons (Fsp3) is 0.250. The first-order valence-corrected chi connectivity index (χ1v) is 7.81. The SMILES string of the molecule is C=CC(=O)N1Cc2ccc(CC)cc2[C@H](c2ccccc2)C1. The van der Waals surface area contributed by atoms with Crippen LogP contribution in [0, 0.1) is 0 Å². The Morgan fingerprint density at radius 3 is 2.73 bits per heavy atom. The van der Waals surface area contributed by atoms with E-state index >= 15 is 0 Å². The molecular formula is C20H21NO. The maximum absolute atomic E-state index is 12.1. The molecule has 0 radical (unpaired) electrons. The van der Waals surface area contributed by atoms with Gasteiger partial charge in [0.05, 0.1) is 0 Å². The zero-order valence-corrected chi connectivity index (χ0v) is 13.0. The van der Waals surface area contributed by atoms with E-state index in [1.807, 2.05) is 11.0 Å². The van der Waals surface area contributed by atoms with Crippen LogP contribution in [0.1, 0.15) is 35.1 Å². The number of hydrogen-bond donors (Lipinski definition) is 0. The molecule has 1 heterocycles. The highest BCUT2D eigenvalue weighted by Crippen LogP contribution is 2.34. The van der Waals surface area contributed by atoms with E-state index in [0.717, 1.165) is 13.0 Å². The molecule has 1 amide bonds. The molecule has 2 heteroatoms. The second-order valence-electron chi connectivity index (χ2n) is 5.77. The Bertz CT molecular complexity index is 690. The molecule has 1 aliphatic rings. The summed E-state index contributed by atoms with van der Waals surface area (Å²) in [5, 5.41) is 0. The van der Waals surface area contributed by atoms with Crippen LogP contribution in [0.15, 0.2) is 61.2 Å². The van der Waals surface area contributed by atoms with Gasteiger partial charge in [-0.2, -0.15) is 0 Å². The van der Waals surface area contributed by atoms with Gasteiger partial charge in [0.2, 0.25) is 5.91 Å². The van der Waals surface area contributed by atoms with Crippen LogP contribution in [0.4, 0.5) is 0 Å². The van der Waals surface area contributed by atoms with Gasteiger partial charge < -0.3 is 4.90 Å². The molecule has 1 atom stereocenters. The van der Waals surface area contributed by atoms with Gasteiger partial charge in [0.25, 0.3) is 0 Å². The smallest absolute Gasteiger partial charge is 0.246 e. The van der Waals surface area contributed by atoms with Crippen molar-refractivity contribution in [1.82, 2.24) is 4.90 Å². The minimum absolute atomic E-state index is 0.00569. The maximum atomic E-state index is 12.1. The summed E-state index contributed by atoms with van der Waals surface area (Å²) in [7, 11) is 0. The van der Waals surface area contributed by atoms with Crippen molar-refractivity contribution in [3.8, 4) is 0 Å². The Kier molecular flexibility index (Phi) is 4.10. The van der Waals surface area contributed by atoms with E-state index in [9.17, 15) is 4.79 Å². The highest BCUT2D eigenvalue weighted by atomic mass is 16.2. The Morgan fingerprint density at radius 1 is 1.27 bits per heavy atom. The summed E-state index contributed by atoms with van der Waals surface area (Å²) in [5.74, 6) is 0.242. The van der Waals surface area contributed by atoms with Crippen LogP contribution < -0.4 is 0 Å². The van der Waals surface area contributed by atoms with E-state index in [1.165, 1.54) is 28.3 Å². The summed E-state index contributed by atoms with van der Waals surface area (Å²) in [4.78, 5) is 14.0. The second kappa shape index (κ2) is 6.18. The van der Waals surface area contributed by atoms with E-state index < -0.39 is 0 Å². The minimum atomic E-state index is 0.00569. The quantitative estimate of drug-likeness (QED) is 0.785. The number of carbonyl (C=O) groups excluding carboxylic acids is 1. The van der Waals surface area contributed by atoms with Crippen molar-refractivity contribution in [3.63, 3.8) is 0 Å². The third kappa shape index (κ3) is 2.69. The highest BCUT2D eigenvalue weighted by Gasteiger charge is 2.28. The molecule has 0 aliphatic carbocycles. The number of hydrogen-bond acceptors (Lipinski definition) is 1. The van der Waals surface area contributed by atoms with E-state index in [1.54, 1.807) is 0 Å². The van der Waals surface area contributed by atoms with Gasteiger partial charge in [0.1, 0.15) is 0 Å². The molecule has 2 nitrogen and oxygen atoms in total. The van der Waals surface area contributed by atoms with Crippen LogP contribution in [0.2, 0.25) is 0 Å². The molecule has 0 saturated heterocycles. The number of aryl methyl sites for hydroxylation is 1. The van der Waals surface area contributed by atoms with Crippen LogP contribution in [0.5, 0.6) is 0 Å². The van der Waals surface area contributed by atoms with Gasteiger partial charge in [-0.05, 0) is 34.8 Å². The summed E-state index contributed by atoms with van der Waals surface area (Å²) in [5.41, 5.74) is 5.22. The summed E-state index contributed by atoms with van der Waals surface area (Å²) in [6, 6.07) is 17.1. The predicted molar refractivity (Wildman–Crippen MR) is 89.7 cm³/mol. The lowest BCUT2D eigenvalue weighted by atomic mass is 9.83. The first-order valence-electron chi connectivity index (χ1n) is 7.81. The molecule has 0 unspecified atom stereocenters. The van der Waals surface area contributed by atoms with Crippen molar-refractivity contribution in [2.24, 2.45) is 0 Å². The topological polar surface area (TPSA) is 20.3 Å². The van der Waals surface area contributed by atoms with Gasteiger partial charge in [-0.25, -0.2) is 0 Å². The predicted octanol–water partition coefficient (Wildman–Crippen LogP) is 3.91. The van der Waals surface area contributed by atoms with Crippen LogP contribution in [-0.2, 0) is 17.8 Å². The van der Waals surface area contributed by atoms with Crippen LogP contribution in [0.3, 0.4) is 0 Å². The summed E-state index contributed by atoms with van der Waals surface area (Å²) in [6.45, 7) is 7.19. The molecule has 22 heavy (non-hydrogen) atoms. The van der Waals surface area contributed by atoms with Crippen molar-refractivity contribution in [3.05, 3.63) is 83.4 Å².